The molecule has 15 heavy (non-hydrogen) atoms. The molecule has 0 bridgehead atoms. The van der Waals surface area contributed by atoms with Gasteiger partial charge in [0.25, 0.3) is 5.91 Å². The third-order valence-electron chi connectivity index (χ3n) is 1.67. The Morgan fingerprint density at radius 3 is 2.80 bits per heavy atom. The van der Waals surface area contributed by atoms with E-state index in [1.54, 1.807) is 12.1 Å². The van der Waals surface area contributed by atoms with Gasteiger partial charge in [0.1, 0.15) is 5.75 Å². The standard InChI is InChI=1S/C11H12N2O2/c12-7-4-8-13-11(14)9-15-10-5-2-1-3-6-10/h1-3,5-6H,4,8-9H2,(H,13,14). The summed E-state index contributed by atoms with van der Waals surface area (Å²) in [7, 11) is 0. The van der Waals surface area contributed by atoms with Crippen LogP contribution >= 0.6 is 0 Å². The van der Waals surface area contributed by atoms with Crippen molar-refractivity contribution >= 4 is 5.91 Å². The normalized spacial score (nSPS) is 9.00. The highest BCUT2D eigenvalue weighted by atomic mass is 16.5. The highest BCUT2D eigenvalue weighted by molar-refractivity contribution is 5.77. The van der Waals surface area contributed by atoms with Crippen LogP contribution in [0, 0.1) is 11.3 Å². The second-order valence-electron chi connectivity index (χ2n) is 2.86. The van der Waals surface area contributed by atoms with Crippen LogP contribution < -0.4 is 10.1 Å². The number of nitrogens with one attached hydrogen (secondary N) is 1. The third-order valence-corrected chi connectivity index (χ3v) is 1.67. The van der Waals surface area contributed by atoms with Gasteiger partial charge in [-0.15, -0.1) is 0 Å². The predicted molar refractivity (Wildman–Crippen MR) is 55.2 cm³/mol. The molecule has 1 N–H and O–H groups in total. The number of hydrogen-bond donors (Lipinski definition) is 1. The van der Waals surface area contributed by atoms with E-state index in [-0.39, 0.29) is 12.5 Å². The van der Waals surface area contributed by atoms with E-state index >= 15 is 0 Å². The van der Waals surface area contributed by atoms with Gasteiger partial charge in [0, 0.05) is 6.54 Å². The number of hydrogen-bond acceptors (Lipinski definition) is 3. The molecule has 0 aromatic heterocycles. The molecular formula is C11H12N2O2. The SMILES string of the molecule is N#CCCNC(=O)COc1ccccc1. The molecule has 78 valence electrons. The molecule has 0 aliphatic rings. The fourth-order valence-electron chi connectivity index (χ4n) is 0.974. The van der Waals surface area contributed by atoms with Crippen LogP contribution in [-0.2, 0) is 4.79 Å². The van der Waals surface area contributed by atoms with Crippen LogP contribution in [0.1, 0.15) is 6.42 Å². The minimum absolute atomic E-state index is 0.0184. The molecule has 4 heteroatoms. The van der Waals surface area contributed by atoms with Gasteiger partial charge in [-0.1, -0.05) is 18.2 Å². The van der Waals surface area contributed by atoms with Gasteiger partial charge >= 0.3 is 0 Å². The van der Waals surface area contributed by atoms with Gasteiger partial charge in [0.15, 0.2) is 6.61 Å². The summed E-state index contributed by atoms with van der Waals surface area (Å²) in [6.07, 6.45) is 0.317. The van der Waals surface area contributed by atoms with Gasteiger partial charge in [0.2, 0.25) is 0 Å². The van der Waals surface area contributed by atoms with E-state index in [2.05, 4.69) is 5.32 Å². The Morgan fingerprint density at radius 2 is 2.13 bits per heavy atom. The van der Waals surface area contributed by atoms with Gasteiger partial charge in [-0.05, 0) is 12.1 Å². The monoisotopic (exact) mass is 204 g/mol. The topological polar surface area (TPSA) is 62.1 Å². The summed E-state index contributed by atoms with van der Waals surface area (Å²) in [5.41, 5.74) is 0. The Morgan fingerprint density at radius 1 is 1.40 bits per heavy atom. The fourth-order valence-corrected chi connectivity index (χ4v) is 0.974. The molecule has 0 spiro atoms. The van der Waals surface area contributed by atoms with Crippen molar-refractivity contribution in [2.24, 2.45) is 0 Å². The maximum Gasteiger partial charge on any atom is 0.257 e. The summed E-state index contributed by atoms with van der Waals surface area (Å²) in [6.45, 7) is 0.350. The molecule has 0 saturated carbocycles. The summed E-state index contributed by atoms with van der Waals surface area (Å²) in [6, 6.07) is 11.0. The number of para-hydroxylation sites is 1. The predicted octanol–water partition coefficient (Wildman–Crippen LogP) is 1.10. The first kappa shape index (κ1) is 11.1. The maximum atomic E-state index is 11.1. The average molecular weight is 204 g/mol. The summed E-state index contributed by atoms with van der Waals surface area (Å²) >= 11 is 0. The third kappa shape index (κ3) is 4.67. The highest BCUT2D eigenvalue weighted by Gasteiger charge is 2.00. The van der Waals surface area contributed by atoms with E-state index < -0.39 is 0 Å². The molecule has 4 nitrogen and oxygen atoms in total. The number of nitrogens with zero attached hydrogens (tertiary/aromatic N) is 1. The van der Waals surface area contributed by atoms with Gasteiger partial charge in [-0.25, -0.2) is 0 Å². The zero-order valence-corrected chi connectivity index (χ0v) is 8.27. The Balaban J connectivity index is 2.20. The molecule has 0 heterocycles. The van der Waals surface area contributed by atoms with Crippen molar-refractivity contribution in [3.8, 4) is 11.8 Å². The number of rotatable bonds is 5. The molecule has 0 aliphatic heterocycles. The van der Waals surface area contributed by atoms with Crippen LogP contribution in [-0.4, -0.2) is 19.1 Å². The first-order valence-corrected chi connectivity index (χ1v) is 4.64. The Kier molecular flexibility index (Phi) is 4.74. The summed E-state index contributed by atoms with van der Waals surface area (Å²) in [5.74, 6) is 0.446. The van der Waals surface area contributed by atoms with E-state index in [1.807, 2.05) is 24.3 Å². The first-order valence-electron chi connectivity index (χ1n) is 4.64. The van der Waals surface area contributed by atoms with Crippen LogP contribution in [0.5, 0.6) is 5.75 Å². The van der Waals surface area contributed by atoms with Crippen LogP contribution in [0.15, 0.2) is 30.3 Å². The minimum atomic E-state index is -0.214. The molecule has 1 amide bonds. The quantitative estimate of drug-likeness (QED) is 0.730. The number of benzene rings is 1. The molecule has 1 rings (SSSR count). The molecule has 1 aromatic rings. The Labute approximate surface area is 88.5 Å². The van der Waals surface area contributed by atoms with Crippen molar-refractivity contribution < 1.29 is 9.53 Å². The highest BCUT2D eigenvalue weighted by Crippen LogP contribution is 2.07. The van der Waals surface area contributed by atoms with Crippen LogP contribution in [0.4, 0.5) is 0 Å². The number of nitriles is 1. The molecular weight excluding hydrogens is 192 g/mol. The van der Waals surface area contributed by atoms with Crippen LogP contribution in [0.3, 0.4) is 0 Å². The molecule has 0 unspecified atom stereocenters. The molecule has 0 aliphatic carbocycles. The van der Waals surface area contributed by atoms with E-state index in [4.69, 9.17) is 10.00 Å². The number of amides is 1. The van der Waals surface area contributed by atoms with E-state index in [1.165, 1.54) is 0 Å². The van der Waals surface area contributed by atoms with Crippen molar-refractivity contribution in [1.29, 1.82) is 5.26 Å². The summed E-state index contributed by atoms with van der Waals surface area (Å²) in [5, 5.41) is 10.8. The summed E-state index contributed by atoms with van der Waals surface area (Å²) < 4.78 is 5.20. The van der Waals surface area contributed by atoms with Crippen LogP contribution in [0.2, 0.25) is 0 Å². The second-order valence-corrected chi connectivity index (χ2v) is 2.86. The lowest BCUT2D eigenvalue weighted by molar-refractivity contribution is -0.123. The second kappa shape index (κ2) is 6.44. The van der Waals surface area contributed by atoms with Crippen molar-refractivity contribution in [3.05, 3.63) is 30.3 Å². The zero-order valence-electron chi connectivity index (χ0n) is 8.27. The summed E-state index contributed by atoms with van der Waals surface area (Å²) in [4.78, 5) is 11.1. The largest absolute Gasteiger partial charge is 0.484 e. The van der Waals surface area contributed by atoms with Gasteiger partial charge in [-0.2, -0.15) is 5.26 Å². The molecule has 0 atom stereocenters. The lowest BCUT2D eigenvalue weighted by Crippen LogP contribution is -2.29. The van der Waals surface area contributed by atoms with E-state index in [9.17, 15) is 4.79 Å². The first-order chi connectivity index (χ1) is 7.33. The Bertz CT molecular complexity index is 343. The van der Waals surface area contributed by atoms with Gasteiger partial charge in [0.05, 0.1) is 12.5 Å². The van der Waals surface area contributed by atoms with E-state index in [0.717, 1.165) is 0 Å². The smallest absolute Gasteiger partial charge is 0.257 e. The van der Waals surface area contributed by atoms with Gasteiger partial charge < -0.3 is 10.1 Å². The number of ether oxygens (including phenoxy) is 1. The van der Waals surface area contributed by atoms with Crippen molar-refractivity contribution in [1.82, 2.24) is 5.32 Å². The average Bonchev–Trinajstić information content (AvgIpc) is 2.28. The molecule has 0 radical (unpaired) electrons. The van der Waals surface area contributed by atoms with Crippen molar-refractivity contribution in [2.45, 2.75) is 6.42 Å². The lowest BCUT2D eigenvalue weighted by atomic mass is 10.3. The van der Waals surface area contributed by atoms with Crippen molar-refractivity contribution in [3.63, 3.8) is 0 Å². The van der Waals surface area contributed by atoms with E-state index in [0.29, 0.717) is 18.7 Å². The molecule has 0 fully saturated rings. The minimum Gasteiger partial charge on any atom is -0.484 e. The molecule has 0 saturated heterocycles. The van der Waals surface area contributed by atoms with Gasteiger partial charge in [-0.3, -0.25) is 4.79 Å². The van der Waals surface area contributed by atoms with Crippen molar-refractivity contribution in [2.75, 3.05) is 13.2 Å². The Hall–Kier alpha value is -2.02. The number of carbonyl (C=O) groups is 1. The zero-order chi connectivity index (χ0) is 10.9. The van der Waals surface area contributed by atoms with Crippen LogP contribution in [0.25, 0.3) is 0 Å². The lowest BCUT2D eigenvalue weighted by Gasteiger charge is -2.05. The number of carbonyl (C=O) groups excluding carboxylic acids is 1. The maximum absolute atomic E-state index is 11.1. The fraction of sp³-hybridized carbons (Fsp3) is 0.273. The molecule has 1 aromatic carbocycles.